The third-order valence-corrected chi connectivity index (χ3v) is 3.94. The van der Waals surface area contributed by atoms with Gasteiger partial charge in [-0.2, -0.15) is 0 Å². The van der Waals surface area contributed by atoms with Crippen molar-refractivity contribution in [3.8, 4) is 0 Å². The van der Waals surface area contributed by atoms with Gasteiger partial charge in [0, 0.05) is 38.6 Å². The highest BCUT2D eigenvalue weighted by atomic mass is 19.1. The molecule has 2 N–H and O–H groups in total. The van der Waals surface area contributed by atoms with Gasteiger partial charge >= 0.3 is 0 Å². The van der Waals surface area contributed by atoms with E-state index in [-0.39, 0.29) is 12.0 Å². The molecule has 0 aromatic heterocycles. The lowest BCUT2D eigenvalue weighted by Gasteiger charge is -2.20. The molecule has 6 heteroatoms. The number of hydrogen-bond acceptors (Lipinski definition) is 4. The van der Waals surface area contributed by atoms with Crippen LogP contribution in [0.2, 0.25) is 0 Å². The largest absolute Gasteiger partial charge is 0.366 e. The molecule has 0 bridgehead atoms. The first kappa shape index (κ1) is 22.4. The molecule has 0 heterocycles. The average molecular weight is 365 g/mol. The summed E-state index contributed by atoms with van der Waals surface area (Å²) in [5, 5.41) is 6.67. The van der Waals surface area contributed by atoms with Crippen LogP contribution in [0.1, 0.15) is 45.6 Å². The number of aliphatic imine (C=N–C) groups is 2. The van der Waals surface area contributed by atoms with Gasteiger partial charge in [-0.25, -0.2) is 9.38 Å². The Labute approximate surface area is 157 Å². The maximum atomic E-state index is 12.9. The number of benzene rings is 1. The first-order valence-corrected chi connectivity index (χ1v) is 9.38. The minimum atomic E-state index is -0.221. The summed E-state index contributed by atoms with van der Waals surface area (Å²) in [7, 11) is 1.70. The molecule has 0 aliphatic heterocycles. The maximum absolute atomic E-state index is 12.9. The summed E-state index contributed by atoms with van der Waals surface area (Å²) in [5.74, 6) is 0.595. The fourth-order valence-corrected chi connectivity index (χ4v) is 2.54. The van der Waals surface area contributed by atoms with Crippen molar-refractivity contribution < 1.29 is 9.13 Å². The number of halogens is 1. The summed E-state index contributed by atoms with van der Waals surface area (Å²) in [6.45, 7) is 7.76. The Bertz CT molecular complexity index is 545. The van der Waals surface area contributed by atoms with E-state index in [1.807, 2.05) is 6.21 Å². The van der Waals surface area contributed by atoms with Crippen LogP contribution in [0.3, 0.4) is 0 Å². The highest BCUT2D eigenvalue weighted by Crippen LogP contribution is 2.03. The Kier molecular flexibility index (Phi) is 11.7. The molecule has 146 valence electrons. The molecule has 5 nitrogen and oxygen atoms in total. The highest BCUT2D eigenvalue weighted by molar-refractivity contribution is 5.89. The predicted molar refractivity (Wildman–Crippen MR) is 107 cm³/mol. The molecule has 0 saturated heterocycles. The molecular weight excluding hydrogens is 331 g/mol. The van der Waals surface area contributed by atoms with Crippen LogP contribution < -0.4 is 10.6 Å². The van der Waals surface area contributed by atoms with Crippen molar-refractivity contribution in [2.45, 2.75) is 58.7 Å². The zero-order valence-electron chi connectivity index (χ0n) is 16.5. The van der Waals surface area contributed by atoms with Gasteiger partial charge in [-0.15, -0.1) is 0 Å². The van der Waals surface area contributed by atoms with Crippen LogP contribution in [0.5, 0.6) is 0 Å². The second-order valence-corrected chi connectivity index (χ2v) is 6.25. The van der Waals surface area contributed by atoms with Crippen molar-refractivity contribution in [3.05, 3.63) is 35.6 Å². The standard InChI is InChI=1S/C20H33FN4O/c1-5-7-19(23-13-12-17-8-10-18(21)11-9-17)24-15-25-20(26-4)14-16(3)22-6-2/h8-11,13,16,20,22,25H,5-7,12,14-15H2,1-4H3. The van der Waals surface area contributed by atoms with Gasteiger partial charge in [-0.3, -0.25) is 10.3 Å². The average Bonchev–Trinajstić information content (AvgIpc) is 2.62. The molecule has 0 saturated carbocycles. The van der Waals surface area contributed by atoms with E-state index in [4.69, 9.17) is 4.74 Å². The molecular formula is C20H33FN4O. The van der Waals surface area contributed by atoms with Gasteiger partial charge in [0.1, 0.15) is 17.9 Å². The number of methoxy groups -OCH3 is 1. The number of nitrogens with one attached hydrogen (secondary N) is 2. The quantitative estimate of drug-likeness (QED) is 0.339. The predicted octanol–water partition coefficient (Wildman–Crippen LogP) is 3.55. The van der Waals surface area contributed by atoms with E-state index >= 15 is 0 Å². The lowest BCUT2D eigenvalue weighted by atomic mass is 10.2. The number of nitrogens with zero attached hydrogens (tertiary/aromatic N) is 2. The molecule has 0 amide bonds. The Morgan fingerprint density at radius 1 is 1.23 bits per heavy atom. The Morgan fingerprint density at radius 2 is 1.96 bits per heavy atom. The minimum Gasteiger partial charge on any atom is -0.366 e. The van der Waals surface area contributed by atoms with Crippen molar-refractivity contribution in [3.63, 3.8) is 0 Å². The second kappa shape index (κ2) is 13.6. The fraction of sp³-hybridized carbons (Fsp3) is 0.600. The lowest BCUT2D eigenvalue weighted by Crippen LogP contribution is -2.38. The zero-order valence-corrected chi connectivity index (χ0v) is 16.5. The van der Waals surface area contributed by atoms with Gasteiger partial charge in [0.15, 0.2) is 0 Å². The molecule has 1 aromatic rings. The van der Waals surface area contributed by atoms with Crippen LogP contribution in [-0.4, -0.2) is 44.6 Å². The van der Waals surface area contributed by atoms with Crippen LogP contribution in [0.4, 0.5) is 4.39 Å². The molecule has 2 atom stereocenters. The third kappa shape index (κ3) is 9.75. The van der Waals surface area contributed by atoms with E-state index in [9.17, 15) is 4.39 Å². The zero-order chi connectivity index (χ0) is 19.2. The molecule has 0 radical (unpaired) electrons. The number of rotatable bonds is 12. The molecule has 2 unspecified atom stereocenters. The van der Waals surface area contributed by atoms with Crippen LogP contribution in [0.25, 0.3) is 0 Å². The first-order chi connectivity index (χ1) is 12.6. The summed E-state index contributed by atoms with van der Waals surface area (Å²) in [5.41, 5.74) is 1.03. The number of hydrogen-bond donors (Lipinski definition) is 2. The number of amidine groups is 1. The van der Waals surface area contributed by atoms with Crippen molar-refractivity contribution in [2.75, 3.05) is 20.3 Å². The summed E-state index contributed by atoms with van der Waals surface area (Å²) in [6.07, 6.45) is 5.14. The van der Waals surface area contributed by atoms with Crippen LogP contribution >= 0.6 is 0 Å². The van der Waals surface area contributed by atoms with Crippen molar-refractivity contribution in [2.24, 2.45) is 9.98 Å². The maximum Gasteiger partial charge on any atom is 0.124 e. The van der Waals surface area contributed by atoms with E-state index in [1.165, 1.54) is 12.1 Å². The van der Waals surface area contributed by atoms with E-state index < -0.39 is 0 Å². The molecule has 0 aliphatic carbocycles. The topological polar surface area (TPSA) is 58.0 Å². The van der Waals surface area contributed by atoms with E-state index in [2.05, 4.69) is 41.4 Å². The SMILES string of the molecule is CCCC(N=CCc1ccc(F)cc1)=NCNC(CC(C)NCC)OC. The van der Waals surface area contributed by atoms with Gasteiger partial charge in [0.05, 0.1) is 6.67 Å². The van der Waals surface area contributed by atoms with Gasteiger partial charge in [-0.05, 0) is 37.6 Å². The molecule has 0 spiro atoms. The fourth-order valence-electron chi connectivity index (χ4n) is 2.54. The summed E-state index contributed by atoms with van der Waals surface area (Å²) >= 11 is 0. The van der Waals surface area contributed by atoms with E-state index in [0.29, 0.717) is 19.1 Å². The van der Waals surface area contributed by atoms with Crippen molar-refractivity contribution >= 4 is 12.1 Å². The smallest absolute Gasteiger partial charge is 0.124 e. The Morgan fingerprint density at radius 3 is 2.58 bits per heavy atom. The summed E-state index contributed by atoms with van der Waals surface area (Å²) < 4.78 is 18.4. The number of ether oxygens (including phenoxy) is 1. The monoisotopic (exact) mass is 364 g/mol. The summed E-state index contributed by atoms with van der Waals surface area (Å²) in [6, 6.07) is 6.86. The molecule has 1 aromatic carbocycles. The molecule has 26 heavy (non-hydrogen) atoms. The van der Waals surface area contributed by atoms with Crippen LogP contribution in [0, 0.1) is 5.82 Å². The Balaban J connectivity index is 2.50. The highest BCUT2D eigenvalue weighted by Gasteiger charge is 2.10. The van der Waals surface area contributed by atoms with Crippen LogP contribution in [-0.2, 0) is 11.2 Å². The molecule has 1 rings (SSSR count). The van der Waals surface area contributed by atoms with E-state index in [1.54, 1.807) is 19.2 Å². The normalized spacial score (nSPS) is 14.7. The van der Waals surface area contributed by atoms with Crippen molar-refractivity contribution in [1.82, 2.24) is 10.6 Å². The summed E-state index contributed by atoms with van der Waals surface area (Å²) in [4.78, 5) is 9.03. The third-order valence-electron chi connectivity index (χ3n) is 3.94. The second-order valence-electron chi connectivity index (χ2n) is 6.25. The van der Waals surface area contributed by atoms with Gasteiger partial charge in [0.25, 0.3) is 0 Å². The van der Waals surface area contributed by atoms with Gasteiger partial charge in [0.2, 0.25) is 0 Å². The van der Waals surface area contributed by atoms with E-state index in [0.717, 1.165) is 37.2 Å². The minimum absolute atomic E-state index is 0.0427. The van der Waals surface area contributed by atoms with Gasteiger partial charge < -0.3 is 10.1 Å². The molecule has 0 fully saturated rings. The van der Waals surface area contributed by atoms with Crippen LogP contribution in [0.15, 0.2) is 34.3 Å². The van der Waals surface area contributed by atoms with Gasteiger partial charge in [-0.1, -0.05) is 26.0 Å². The van der Waals surface area contributed by atoms with Crippen molar-refractivity contribution in [1.29, 1.82) is 0 Å². The lowest BCUT2D eigenvalue weighted by molar-refractivity contribution is 0.0607. The first-order valence-electron chi connectivity index (χ1n) is 9.38. The molecule has 0 aliphatic rings. The Hall–Kier alpha value is -1.63.